The van der Waals surface area contributed by atoms with Crippen molar-refractivity contribution in [1.82, 2.24) is 9.88 Å². The van der Waals surface area contributed by atoms with E-state index in [1.54, 1.807) is 29.2 Å². The van der Waals surface area contributed by atoms with Gasteiger partial charge >= 0.3 is 5.76 Å². The number of oxazole rings is 1. The van der Waals surface area contributed by atoms with Gasteiger partial charge < -0.3 is 9.32 Å². The Labute approximate surface area is 176 Å². The van der Waals surface area contributed by atoms with E-state index >= 15 is 0 Å². The van der Waals surface area contributed by atoms with E-state index in [1.165, 1.54) is 18.2 Å². The third-order valence-electron chi connectivity index (χ3n) is 5.61. The number of nitrogens with zero attached hydrogens (tertiary/aromatic N) is 2. The molecule has 2 heterocycles. The van der Waals surface area contributed by atoms with E-state index in [1.807, 2.05) is 24.3 Å². The van der Waals surface area contributed by atoms with E-state index in [2.05, 4.69) is 4.98 Å². The molecule has 1 aliphatic rings. The number of aromatic amines is 1. The molecule has 1 N–H and O–H groups in total. The quantitative estimate of drug-likeness (QED) is 0.546. The monoisotopic (exact) mass is 413 g/mol. The normalized spacial score (nSPS) is 15.3. The Morgan fingerprint density at radius 3 is 2.77 bits per heavy atom. The molecule has 31 heavy (non-hydrogen) atoms. The number of nitrogens with one attached hydrogen (secondary N) is 1. The molecule has 1 atom stereocenters. The van der Waals surface area contributed by atoms with Crippen molar-refractivity contribution < 1.29 is 13.6 Å². The number of aromatic nitrogens is 1. The summed E-state index contributed by atoms with van der Waals surface area (Å²) in [5.74, 6) is -1.10. The van der Waals surface area contributed by atoms with Gasteiger partial charge in [-0.2, -0.15) is 5.26 Å². The Bertz CT molecular complexity index is 1430. The predicted molar refractivity (Wildman–Crippen MR) is 111 cm³/mol. The number of nitriles is 1. The van der Waals surface area contributed by atoms with E-state index in [-0.39, 0.29) is 24.9 Å². The van der Waals surface area contributed by atoms with Crippen LogP contribution in [0.15, 0.2) is 69.9 Å². The smallest absolute Gasteiger partial charge is 0.408 e. The maximum absolute atomic E-state index is 14.5. The van der Waals surface area contributed by atoms with Gasteiger partial charge in [-0.05, 0) is 53.1 Å². The number of amides is 1. The van der Waals surface area contributed by atoms with Crippen LogP contribution in [0.1, 0.15) is 38.7 Å². The Kier molecular flexibility index (Phi) is 4.41. The van der Waals surface area contributed by atoms with Crippen molar-refractivity contribution in [3.63, 3.8) is 0 Å². The summed E-state index contributed by atoms with van der Waals surface area (Å²) in [7, 11) is 0. The number of benzene rings is 3. The average Bonchev–Trinajstić information content (AvgIpc) is 3.27. The molecule has 5 rings (SSSR count). The molecule has 0 saturated heterocycles. The molecule has 1 aromatic heterocycles. The van der Waals surface area contributed by atoms with Crippen LogP contribution in [-0.2, 0) is 13.0 Å². The zero-order chi connectivity index (χ0) is 21.5. The van der Waals surface area contributed by atoms with Crippen LogP contribution in [0.5, 0.6) is 0 Å². The van der Waals surface area contributed by atoms with Gasteiger partial charge in [-0.1, -0.05) is 24.3 Å². The first-order valence-corrected chi connectivity index (χ1v) is 9.73. The molecule has 0 bridgehead atoms. The lowest BCUT2D eigenvalue weighted by molar-refractivity contribution is 0.0708. The summed E-state index contributed by atoms with van der Waals surface area (Å²) in [6.07, 6.45) is 0.242. The largest absolute Gasteiger partial charge is 0.417 e. The highest BCUT2D eigenvalue weighted by Crippen LogP contribution is 2.37. The Balaban J connectivity index is 1.53. The number of hydrogen-bond donors (Lipinski definition) is 1. The summed E-state index contributed by atoms with van der Waals surface area (Å²) in [5, 5.41) is 9.18. The highest BCUT2D eigenvalue weighted by atomic mass is 19.1. The van der Waals surface area contributed by atoms with Gasteiger partial charge in [-0.3, -0.25) is 9.78 Å². The van der Waals surface area contributed by atoms with Crippen molar-refractivity contribution in [2.75, 3.05) is 0 Å². The summed E-state index contributed by atoms with van der Waals surface area (Å²) in [4.78, 5) is 28.9. The first-order chi connectivity index (χ1) is 15.0. The van der Waals surface area contributed by atoms with Crippen LogP contribution in [0.3, 0.4) is 0 Å². The van der Waals surface area contributed by atoms with Crippen molar-refractivity contribution in [3.8, 4) is 6.07 Å². The third kappa shape index (κ3) is 3.28. The number of carbonyl (C=O) groups excluding carboxylic acids is 1. The lowest BCUT2D eigenvalue weighted by Gasteiger charge is -2.26. The molecule has 0 spiro atoms. The van der Waals surface area contributed by atoms with E-state index < -0.39 is 11.6 Å². The minimum absolute atomic E-state index is 0.145. The van der Waals surface area contributed by atoms with Gasteiger partial charge in [0.1, 0.15) is 5.82 Å². The Hall–Kier alpha value is -4.18. The zero-order valence-corrected chi connectivity index (χ0v) is 16.3. The molecule has 7 heteroatoms. The maximum atomic E-state index is 14.5. The summed E-state index contributed by atoms with van der Waals surface area (Å²) >= 11 is 0. The Morgan fingerprint density at radius 2 is 1.94 bits per heavy atom. The lowest BCUT2D eigenvalue weighted by Crippen LogP contribution is -2.29. The first-order valence-electron chi connectivity index (χ1n) is 9.73. The molecule has 4 aromatic rings. The van der Waals surface area contributed by atoms with Gasteiger partial charge in [0, 0.05) is 18.5 Å². The molecule has 0 radical (unpaired) electrons. The minimum Gasteiger partial charge on any atom is -0.408 e. The lowest BCUT2D eigenvalue weighted by atomic mass is 9.96. The van der Waals surface area contributed by atoms with Crippen LogP contribution >= 0.6 is 0 Å². The van der Waals surface area contributed by atoms with Crippen LogP contribution in [0.4, 0.5) is 4.39 Å². The van der Waals surface area contributed by atoms with Crippen molar-refractivity contribution in [2.45, 2.75) is 19.0 Å². The number of fused-ring (bicyclic) bond motifs is 2. The fraction of sp³-hybridized carbons (Fsp3) is 0.125. The molecular weight excluding hydrogens is 397 g/mol. The molecule has 0 fully saturated rings. The number of rotatable bonds is 4. The minimum atomic E-state index is -0.539. The van der Waals surface area contributed by atoms with E-state index in [4.69, 9.17) is 4.42 Å². The second kappa shape index (κ2) is 7.26. The predicted octanol–water partition coefficient (Wildman–Crippen LogP) is 4.07. The zero-order valence-electron chi connectivity index (χ0n) is 16.3. The molecule has 0 aliphatic carbocycles. The van der Waals surface area contributed by atoms with Crippen molar-refractivity contribution in [3.05, 3.63) is 105 Å². The highest BCUT2D eigenvalue weighted by molar-refractivity contribution is 5.99. The van der Waals surface area contributed by atoms with Crippen molar-refractivity contribution >= 4 is 17.0 Å². The van der Waals surface area contributed by atoms with Gasteiger partial charge in [0.2, 0.25) is 0 Å². The first kappa shape index (κ1) is 18.8. The van der Waals surface area contributed by atoms with Crippen LogP contribution in [-0.4, -0.2) is 15.8 Å². The van der Waals surface area contributed by atoms with E-state index in [0.29, 0.717) is 27.8 Å². The van der Waals surface area contributed by atoms with Gasteiger partial charge in [0.15, 0.2) is 5.58 Å². The van der Waals surface area contributed by atoms with Crippen LogP contribution in [0, 0.1) is 17.1 Å². The highest BCUT2D eigenvalue weighted by Gasteiger charge is 2.36. The Morgan fingerprint density at radius 1 is 1.10 bits per heavy atom. The third-order valence-corrected chi connectivity index (χ3v) is 5.61. The SMILES string of the molecule is N#Cc1ccc(F)c(CC2c3ccccc3C(=O)N2Cc2ccc3[nH]c(=O)oc3c2)c1. The van der Waals surface area contributed by atoms with Gasteiger partial charge in [0.25, 0.3) is 5.91 Å². The fourth-order valence-electron chi connectivity index (χ4n) is 4.14. The average molecular weight is 413 g/mol. The molecule has 1 unspecified atom stereocenters. The maximum Gasteiger partial charge on any atom is 0.417 e. The molecule has 3 aromatic carbocycles. The molecule has 0 saturated carbocycles. The van der Waals surface area contributed by atoms with E-state index in [9.17, 15) is 19.2 Å². The van der Waals surface area contributed by atoms with Crippen molar-refractivity contribution in [1.29, 1.82) is 5.26 Å². The van der Waals surface area contributed by atoms with Gasteiger partial charge in [-0.25, -0.2) is 9.18 Å². The second-order valence-electron chi connectivity index (χ2n) is 7.50. The van der Waals surface area contributed by atoms with Gasteiger partial charge in [0.05, 0.1) is 23.2 Å². The molecule has 6 nitrogen and oxygen atoms in total. The summed E-state index contributed by atoms with van der Waals surface area (Å²) in [5.41, 5.74) is 3.93. The number of hydrogen-bond acceptors (Lipinski definition) is 4. The summed E-state index contributed by atoms with van der Waals surface area (Å²) in [6, 6.07) is 18.4. The fourth-order valence-corrected chi connectivity index (χ4v) is 4.14. The molecule has 1 amide bonds. The van der Waals surface area contributed by atoms with Gasteiger partial charge in [-0.15, -0.1) is 0 Å². The van der Waals surface area contributed by atoms with Crippen LogP contribution < -0.4 is 5.76 Å². The standard InChI is InChI=1S/C24H16FN3O3/c25-19-7-5-14(12-26)9-16(19)11-21-17-3-1-2-4-18(17)23(29)28(21)13-15-6-8-20-22(10-15)31-24(30)27-20/h1-10,21H,11,13H2,(H,27,30). The molecular formula is C24H16FN3O3. The molecule has 152 valence electrons. The van der Waals surface area contributed by atoms with E-state index in [0.717, 1.165) is 11.1 Å². The second-order valence-corrected chi connectivity index (χ2v) is 7.50. The summed E-state index contributed by atoms with van der Waals surface area (Å²) < 4.78 is 19.6. The number of H-pyrrole nitrogens is 1. The molecule has 1 aliphatic heterocycles. The van der Waals surface area contributed by atoms with Crippen LogP contribution in [0.2, 0.25) is 0 Å². The topological polar surface area (TPSA) is 90.1 Å². The van der Waals surface area contributed by atoms with Crippen molar-refractivity contribution in [2.24, 2.45) is 0 Å². The van der Waals surface area contributed by atoms with Crippen LogP contribution in [0.25, 0.3) is 11.1 Å². The summed E-state index contributed by atoms with van der Waals surface area (Å²) in [6.45, 7) is 0.266. The number of halogens is 1. The number of carbonyl (C=O) groups is 1.